The highest BCUT2D eigenvalue weighted by Crippen LogP contribution is 2.11. The molecule has 0 bridgehead atoms. The maximum absolute atomic E-state index is 12.9. The third-order valence-corrected chi connectivity index (χ3v) is 4.53. The molecule has 0 aromatic heterocycles. The van der Waals surface area contributed by atoms with Crippen LogP contribution in [0.1, 0.15) is 22.3 Å². The lowest BCUT2D eigenvalue weighted by atomic mass is 10.1. The molecule has 0 spiro atoms. The third kappa shape index (κ3) is 7.23. The molecular weight excluding hydrogens is 381 g/mol. The Kier molecular flexibility index (Phi) is 8.81. The minimum Gasteiger partial charge on any atom is -0.490 e. The van der Waals surface area contributed by atoms with Crippen LogP contribution in [-0.2, 0) is 9.53 Å². The fourth-order valence-electron chi connectivity index (χ4n) is 2.45. The Morgan fingerprint density at radius 3 is 2.57 bits per heavy atom. The van der Waals surface area contributed by atoms with E-state index in [-0.39, 0.29) is 24.9 Å². The second kappa shape index (κ2) is 11.3. The number of hydrogen-bond acceptors (Lipinski definition) is 5. The first-order valence-electron chi connectivity index (χ1n) is 8.91. The topological polar surface area (TPSA) is 64.6 Å². The van der Waals surface area contributed by atoms with Gasteiger partial charge in [-0.3, -0.25) is 4.79 Å². The number of carbonyl (C=O) groups is 2. The van der Waals surface area contributed by atoms with Crippen LogP contribution in [0, 0.1) is 12.7 Å². The molecule has 1 atom stereocenters. The Morgan fingerprint density at radius 1 is 1.14 bits per heavy atom. The van der Waals surface area contributed by atoms with E-state index in [1.165, 1.54) is 24.3 Å². The molecule has 1 N–H and O–H groups in total. The van der Waals surface area contributed by atoms with E-state index >= 15 is 0 Å². The Balaban J connectivity index is 1.85. The van der Waals surface area contributed by atoms with Gasteiger partial charge in [-0.1, -0.05) is 17.7 Å². The summed E-state index contributed by atoms with van der Waals surface area (Å²) in [6.07, 6.45) is 2.40. The molecule has 0 aliphatic rings. The summed E-state index contributed by atoms with van der Waals surface area (Å²) in [5.74, 6) is 0.0379. The fourth-order valence-corrected chi connectivity index (χ4v) is 2.92. The van der Waals surface area contributed by atoms with Gasteiger partial charge in [0.25, 0.3) is 5.91 Å². The average molecular weight is 405 g/mol. The minimum atomic E-state index is -0.730. The van der Waals surface area contributed by atoms with Crippen molar-refractivity contribution in [2.24, 2.45) is 0 Å². The first-order chi connectivity index (χ1) is 13.5. The van der Waals surface area contributed by atoms with Gasteiger partial charge in [-0.05, 0) is 61.8 Å². The summed E-state index contributed by atoms with van der Waals surface area (Å²) in [7, 11) is 0. The van der Waals surface area contributed by atoms with E-state index in [9.17, 15) is 14.0 Å². The summed E-state index contributed by atoms with van der Waals surface area (Å²) in [6.45, 7) is 2.07. The maximum atomic E-state index is 12.9. The van der Waals surface area contributed by atoms with Crippen LogP contribution in [0.15, 0.2) is 48.5 Å². The number of rotatable bonds is 10. The van der Waals surface area contributed by atoms with Crippen molar-refractivity contribution in [1.29, 1.82) is 0 Å². The van der Waals surface area contributed by atoms with E-state index in [4.69, 9.17) is 9.47 Å². The van der Waals surface area contributed by atoms with Crippen molar-refractivity contribution < 1.29 is 23.5 Å². The van der Waals surface area contributed by atoms with Crippen molar-refractivity contribution in [2.75, 3.05) is 25.2 Å². The highest BCUT2D eigenvalue weighted by atomic mass is 32.2. The number of carbonyl (C=O) groups excluding carboxylic acids is 2. The zero-order valence-electron chi connectivity index (χ0n) is 15.9. The van der Waals surface area contributed by atoms with E-state index in [0.717, 1.165) is 5.56 Å². The summed E-state index contributed by atoms with van der Waals surface area (Å²) < 4.78 is 23.5. The zero-order chi connectivity index (χ0) is 20.4. The first kappa shape index (κ1) is 21.8. The molecule has 150 valence electrons. The lowest BCUT2D eigenvalue weighted by Gasteiger charge is -2.17. The lowest BCUT2D eigenvalue weighted by Crippen LogP contribution is -2.42. The first-order valence-corrected chi connectivity index (χ1v) is 10.3. The molecular formula is C21H24FNO4S. The Hall–Kier alpha value is -2.54. The number of ether oxygens (including phenoxy) is 2. The zero-order valence-corrected chi connectivity index (χ0v) is 16.8. The second-order valence-corrected chi connectivity index (χ2v) is 7.13. The van der Waals surface area contributed by atoms with Crippen LogP contribution in [0.4, 0.5) is 4.39 Å². The summed E-state index contributed by atoms with van der Waals surface area (Å²) >= 11 is 1.59. The fraction of sp³-hybridized carbons (Fsp3) is 0.333. The molecule has 2 aromatic carbocycles. The predicted octanol–water partition coefficient (Wildman–Crippen LogP) is 3.61. The lowest BCUT2D eigenvalue weighted by molar-refractivity contribution is -0.146. The Bertz CT molecular complexity index is 782. The van der Waals surface area contributed by atoms with Gasteiger partial charge in [-0.15, -0.1) is 0 Å². The highest BCUT2D eigenvalue weighted by molar-refractivity contribution is 7.98. The van der Waals surface area contributed by atoms with Crippen molar-refractivity contribution in [3.8, 4) is 5.75 Å². The number of esters is 1. The molecule has 0 heterocycles. The second-order valence-electron chi connectivity index (χ2n) is 6.15. The molecule has 1 amide bonds. The van der Waals surface area contributed by atoms with Gasteiger partial charge < -0.3 is 14.8 Å². The monoisotopic (exact) mass is 405 g/mol. The van der Waals surface area contributed by atoms with Crippen molar-refractivity contribution in [3.63, 3.8) is 0 Å². The SMILES string of the molecule is CSCC[C@@H](NC(=O)c1cccc(C)c1)C(=O)OCCOc1ccc(F)cc1. The molecule has 0 saturated carbocycles. The van der Waals surface area contributed by atoms with Crippen LogP contribution < -0.4 is 10.1 Å². The molecule has 2 rings (SSSR count). The van der Waals surface area contributed by atoms with Crippen LogP contribution in [0.5, 0.6) is 5.75 Å². The number of benzene rings is 2. The molecule has 0 aliphatic carbocycles. The summed E-state index contributed by atoms with van der Waals surface area (Å²) in [5, 5.41) is 2.75. The quantitative estimate of drug-likeness (QED) is 0.483. The number of halogens is 1. The van der Waals surface area contributed by atoms with Crippen molar-refractivity contribution in [1.82, 2.24) is 5.32 Å². The average Bonchev–Trinajstić information content (AvgIpc) is 2.69. The number of aryl methyl sites for hydroxylation is 1. The molecule has 0 saturated heterocycles. The van der Waals surface area contributed by atoms with Crippen LogP contribution in [0.3, 0.4) is 0 Å². The van der Waals surface area contributed by atoms with Gasteiger partial charge in [0.05, 0.1) is 0 Å². The van der Waals surface area contributed by atoms with E-state index in [2.05, 4.69) is 5.32 Å². The molecule has 7 heteroatoms. The van der Waals surface area contributed by atoms with E-state index in [1.807, 2.05) is 19.2 Å². The summed E-state index contributed by atoms with van der Waals surface area (Å²) in [4.78, 5) is 24.8. The number of nitrogens with one attached hydrogen (secondary N) is 1. The van der Waals surface area contributed by atoms with E-state index < -0.39 is 12.0 Å². The summed E-state index contributed by atoms with van der Waals surface area (Å²) in [5.41, 5.74) is 1.47. The smallest absolute Gasteiger partial charge is 0.328 e. The molecule has 0 aliphatic heterocycles. The maximum Gasteiger partial charge on any atom is 0.328 e. The van der Waals surface area contributed by atoms with Gasteiger partial charge in [-0.2, -0.15) is 11.8 Å². The molecule has 0 unspecified atom stereocenters. The van der Waals surface area contributed by atoms with Gasteiger partial charge in [0, 0.05) is 5.56 Å². The number of amides is 1. The van der Waals surface area contributed by atoms with E-state index in [0.29, 0.717) is 23.5 Å². The summed E-state index contributed by atoms with van der Waals surface area (Å²) in [6, 6.07) is 12.0. The van der Waals surface area contributed by atoms with Crippen molar-refractivity contribution in [2.45, 2.75) is 19.4 Å². The van der Waals surface area contributed by atoms with Crippen LogP contribution >= 0.6 is 11.8 Å². The molecule has 0 fully saturated rings. The molecule has 0 radical (unpaired) electrons. The van der Waals surface area contributed by atoms with Gasteiger partial charge in [0.15, 0.2) is 0 Å². The normalized spacial score (nSPS) is 11.5. The van der Waals surface area contributed by atoms with Gasteiger partial charge in [0.2, 0.25) is 0 Å². The van der Waals surface area contributed by atoms with E-state index in [1.54, 1.807) is 30.0 Å². The van der Waals surface area contributed by atoms with Crippen LogP contribution in [-0.4, -0.2) is 43.1 Å². The number of hydrogen-bond donors (Lipinski definition) is 1. The molecule has 28 heavy (non-hydrogen) atoms. The predicted molar refractivity (Wildman–Crippen MR) is 108 cm³/mol. The highest BCUT2D eigenvalue weighted by Gasteiger charge is 2.22. The Labute approximate surface area is 168 Å². The molecule has 5 nitrogen and oxygen atoms in total. The standard InChI is InChI=1S/C21H24FNO4S/c1-15-4-3-5-16(14-15)20(24)23-19(10-13-28-2)21(25)27-12-11-26-18-8-6-17(22)7-9-18/h3-9,14,19H,10-13H2,1-2H3,(H,23,24)/t19-/m1/s1. The minimum absolute atomic E-state index is 0.0340. The van der Waals surface area contributed by atoms with Crippen LogP contribution in [0.2, 0.25) is 0 Å². The van der Waals surface area contributed by atoms with Crippen LogP contribution in [0.25, 0.3) is 0 Å². The van der Waals surface area contributed by atoms with Gasteiger partial charge in [0.1, 0.15) is 30.8 Å². The Morgan fingerprint density at radius 2 is 1.89 bits per heavy atom. The van der Waals surface area contributed by atoms with Crippen molar-refractivity contribution in [3.05, 3.63) is 65.5 Å². The van der Waals surface area contributed by atoms with Gasteiger partial charge >= 0.3 is 5.97 Å². The van der Waals surface area contributed by atoms with Crippen molar-refractivity contribution >= 4 is 23.6 Å². The third-order valence-electron chi connectivity index (χ3n) is 3.89. The number of thioether (sulfide) groups is 1. The van der Waals surface area contributed by atoms with Gasteiger partial charge in [-0.25, -0.2) is 9.18 Å². The largest absolute Gasteiger partial charge is 0.490 e. The molecule has 2 aromatic rings.